The maximum absolute atomic E-state index is 10.5. The molecule has 1 aromatic rings. The molecule has 1 saturated heterocycles. The maximum Gasteiger partial charge on any atom is 0.142 e. The van der Waals surface area contributed by atoms with Crippen LogP contribution in [0, 0.1) is 4.91 Å². The van der Waals surface area contributed by atoms with Crippen LogP contribution in [0.2, 0.25) is 0 Å². The van der Waals surface area contributed by atoms with Gasteiger partial charge in [0, 0.05) is 13.1 Å². The molecule has 0 radical (unpaired) electrons. The Bertz CT molecular complexity index is 375. The first-order chi connectivity index (χ1) is 7.85. The van der Waals surface area contributed by atoms with E-state index < -0.39 is 0 Å². The van der Waals surface area contributed by atoms with Crippen molar-refractivity contribution in [3.05, 3.63) is 23.1 Å². The first kappa shape index (κ1) is 10.9. The van der Waals surface area contributed by atoms with Crippen molar-refractivity contribution >= 4 is 11.4 Å². The SMILES string of the molecule is COc1ccc(N=O)cc1N1CCOCC1. The molecule has 16 heavy (non-hydrogen) atoms. The minimum absolute atomic E-state index is 0.419. The summed E-state index contributed by atoms with van der Waals surface area (Å²) in [6.45, 7) is 3.00. The van der Waals surface area contributed by atoms with Crippen LogP contribution in [0.1, 0.15) is 0 Å². The smallest absolute Gasteiger partial charge is 0.142 e. The van der Waals surface area contributed by atoms with Gasteiger partial charge in [-0.3, -0.25) is 0 Å². The number of nitrogens with zero attached hydrogens (tertiary/aromatic N) is 2. The molecular formula is C11H14N2O3. The Morgan fingerprint density at radius 1 is 1.38 bits per heavy atom. The Kier molecular flexibility index (Phi) is 3.36. The number of anilines is 1. The fourth-order valence-corrected chi connectivity index (χ4v) is 1.79. The van der Waals surface area contributed by atoms with Gasteiger partial charge in [-0.1, -0.05) is 0 Å². The Balaban J connectivity index is 2.31. The lowest BCUT2D eigenvalue weighted by Gasteiger charge is -2.30. The van der Waals surface area contributed by atoms with Crippen molar-refractivity contribution in [2.45, 2.75) is 0 Å². The molecule has 0 saturated carbocycles. The second-order valence-corrected chi connectivity index (χ2v) is 3.55. The summed E-state index contributed by atoms with van der Waals surface area (Å²) in [6, 6.07) is 5.16. The van der Waals surface area contributed by atoms with E-state index in [9.17, 15) is 4.91 Å². The molecule has 0 N–H and O–H groups in total. The number of ether oxygens (including phenoxy) is 2. The Morgan fingerprint density at radius 3 is 2.75 bits per heavy atom. The standard InChI is InChI=1S/C11H14N2O3/c1-15-11-3-2-9(12-14)8-10(11)13-4-6-16-7-5-13/h2-3,8H,4-7H2,1H3. The average Bonchev–Trinajstić information content (AvgIpc) is 2.39. The van der Waals surface area contributed by atoms with Gasteiger partial charge in [0.2, 0.25) is 0 Å². The van der Waals surface area contributed by atoms with Gasteiger partial charge < -0.3 is 14.4 Å². The third kappa shape index (κ3) is 2.14. The molecule has 2 rings (SSSR count). The Morgan fingerprint density at radius 2 is 2.12 bits per heavy atom. The zero-order valence-electron chi connectivity index (χ0n) is 9.18. The largest absolute Gasteiger partial charge is 0.495 e. The predicted molar refractivity (Wildman–Crippen MR) is 61.5 cm³/mol. The highest BCUT2D eigenvalue weighted by molar-refractivity contribution is 5.64. The van der Waals surface area contributed by atoms with Crippen molar-refractivity contribution in [3.8, 4) is 5.75 Å². The van der Waals surface area contributed by atoms with Crippen molar-refractivity contribution in [3.63, 3.8) is 0 Å². The fraction of sp³-hybridized carbons (Fsp3) is 0.455. The lowest BCUT2D eigenvalue weighted by molar-refractivity contribution is 0.122. The summed E-state index contributed by atoms with van der Waals surface area (Å²) >= 11 is 0. The summed E-state index contributed by atoms with van der Waals surface area (Å²) in [6.07, 6.45) is 0. The van der Waals surface area contributed by atoms with Crippen molar-refractivity contribution in [2.75, 3.05) is 38.3 Å². The number of rotatable bonds is 3. The van der Waals surface area contributed by atoms with E-state index in [0.717, 1.165) is 24.5 Å². The van der Waals surface area contributed by atoms with Crippen LogP contribution in [0.25, 0.3) is 0 Å². The van der Waals surface area contributed by atoms with Gasteiger partial charge in [-0.25, -0.2) is 0 Å². The highest BCUT2D eigenvalue weighted by Crippen LogP contribution is 2.32. The summed E-state index contributed by atoms with van der Waals surface area (Å²) in [4.78, 5) is 12.6. The number of benzene rings is 1. The topological polar surface area (TPSA) is 51.1 Å². The number of methoxy groups -OCH3 is 1. The van der Waals surface area contributed by atoms with E-state index in [1.165, 1.54) is 0 Å². The lowest BCUT2D eigenvalue weighted by Crippen LogP contribution is -2.36. The molecule has 0 aromatic heterocycles. The van der Waals surface area contributed by atoms with Gasteiger partial charge in [0.25, 0.3) is 0 Å². The summed E-state index contributed by atoms with van der Waals surface area (Å²) in [5.41, 5.74) is 1.32. The third-order valence-corrected chi connectivity index (χ3v) is 2.62. The van der Waals surface area contributed by atoms with E-state index in [1.54, 1.807) is 25.3 Å². The molecule has 0 aliphatic carbocycles. The van der Waals surface area contributed by atoms with E-state index in [0.29, 0.717) is 18.9 Å². The van der Waals surface area contributed by atoms with Gasteiger partial charge in [-0.05, 0) is 23.4 Å². The van der Waals surface area contributed by atoms with Crippen LogP contribution in [0.3, 0.4) is 0 Å². The van der Waals surface area contributed by atoms with E-state index in [2.05, 4.69) is 10.1 Å². The van der Waals surface area contributed by atoms with Crippen LogP contribution in [0.5, 0.6) is 5.75 Å². The van der Waals surface area contributed by atoms with E-state index >= 15 is 0 Å². The van der Waals surface area contributed by atoms with Gasteiger partial charge in [-0.15, -0.1) is 4.91 Å². The first-order valence-electron chi connectivity index (χ1n) is 5.19. The summed E-state index contributed by atoms with van der Waals surface area (Å²) in [7, 11) is 1.62. The zero-order chi connectivity index (χ0) is 11.4. The fourth-order valence-electron chi connectivity index (χ4n) is 1.79. The third-order valence-electron chi connectivity index (χ3n) is 2.62. The van der Waals surface area contributed by atoms with Crippen LogP contribution >= 0.6 is 0 Å². The van der Waals surface area contributed by atoms with Gasteiger partial charge in [-0.2, -0.15) is 0 Å². The average molecular weight is 222 g/mol. The molecule has 1 fully saturated rings. The van der Waals surface area contributed by atoms with Gasteiger partial charge >= 0.3 is 0 Å². The second kappa shape index (κ2) is 4.94. The predicted octanol–water partition coefficient (Wildman–Crippen LogP) is 1.93. The van der Waals surface area contributed by atoms with Gasteiger partial charge in [0.15, 0.2) is 0 Å². The lowest BCUT2D eigenvalue weighted by atomic mass is 10.2. The minimum atomic E-state index is 0.419. The number of hydrogen-bond donors (Lipinski definition) is 0. The van der Waals surface area contributed by atoms with Gasteiger partial charge in [0.05, 0.1) is 26.0 Å². The molecule has 5 nitrogen and oxygen atoms in total. The molecule has 0 amide bonds. The quantitative estimate of drug-likeness (QED) is 0.733. The number of nitroso groups, excluding NO2 is 1. The molecule has 0 atom stereocenters. The molecule has 1 aliphatic heterocycles. The monoisotopic (exact) mass is 222 g/mol. The zero-order valence-corrected chi connectivity index (χ0v) is 9.18. The van der Waals surface area contributed by atoms with E-state index in [-0.39, 0.29) is 0 Å². The Hall–Kier alpha value is -1.62. The minimum Gasteiger partial charge on any atom is -0.495 e. The van der Waals surface area contributed by atoms with Crippen molar-refractivity contribution in [1.29, 1.82) is 0 Å². The van der Waals surface area contributed by atoms with Gasteiger partial charge in [0.1, 0.15) is 11.4 Å². The first-order valence-corrected chi connectivity index (χ1v) is 5.19. The normalized spacial score (nSPS) is 15.9. The second-order valence-electron chi connectivity index (χ2n) is 3.55. The highest BCUT2D eigenvalue weighted by Gasteiger charge is 2.16. The van der Waals surface area contributed by atoms with E-state index in [1.807, 2.05) is 0 Å². The van der Waals surface area contributed by atoms with Crippen LogP contribution in [-0.2, 0) is 4.74 Å². The molecular weight excluding hydrogens is 208 g/mol. The van der Waals surface area contributed by atoms with Crippen LogP contribution in [0.15, 0.2) is 23.4 Å². The number of hydrogen-bond acceptors (Lipinski definition) is 5. The van der Waals surface area contributed by atoms with Crippen molar-refractivity contribution in [1.82, 2.24) is 0 Å². The van der Waals surface area contributed by atoms with Crippen LogP contribution in [0.4, 0.5) is 11.4 Å². The van der Waals surface area contributed by atoms with Crippen molar-refractivity contribution < 1.29 is 9.47 Å². The molecule has 86 valence electrons. The molecule has 0 spiro atoms. The van der Waals surface area contributed by atoms with Crippen LogP contribution < -0.4 is 9.64 Å². The molecule has 0 unspecified atom stereocenters. The maximum atomic E-state index is 10.5. The highest BCUT2D eigenvalue weighted by atomic mass is 16.5. The van der Waals surface area contributed by atoms with E-state index in [4.69, 9.17) is 9.47 Å². The molecule has 1 aliphatic rings. The Labute approximate surface area is 93.9 Å². The number of morpholine rings is 1. The van der Waals surface area contributed by atoms with Crippen LogP contribution in [-0.4, -0.2) is 33.4 Å². The summed E-state index contributed by atoms with van der Waals surface area (Å²) in [5, 5.41) is 2.94. The summed E-state index contributed by atoms with van der Waals surface area (Å²) in [5.74, 6) is 0.759. The van der Waals surface area contributed by atoms with Crippen molar-refractivity contribution in [2.24, 2.45) is 5.18 Å². The molecule has 1 heterocycles. The molecule has 0 bridgehead atoms. The summed E-state index contributed by atoms with van der Waals surface area (Å²) < 4.78 is 10.6. The molecule has 1 aromatic carbocycles. The molecule has 5 heteroatoms.